The fourth-order valence-corrected chi connectivity index (χ4v) is 2.97. The molecule has 0 amide bonds. The molecule has 1 aromatic heterocycles. The quantitative estimate of drug-likeness (QED) is 0.814. The van der Waals surface area contributed by atoms with Crippen molar-refractivity contribution in [1.82, 2.24) is 4.98 Å². The number of aryl methyl sites for hydroxylation is 2. The SMILES string of the molecule is CCc1nc(N(CC)CC)sc1CCC(=O)O. The molecule has 0 aliphatic rings. The number of thiazole rings is 1. The highest BCUT2D eigenvalue weighted by molar-refractivity contribution is 7.15. The Labute approximate surface area is 106 Å². The zero-order chi connectivity index (χ0) is 12.8. The lowest BCUT2D eigenvalue weighted by atomic mass is 10.2. The van der Waals surface area contributed by atoms with Crippen molar-refractivity contribution in [3.8, 4) is 0 Å². The van der Waals surface area contributed by atoms with Gasteiger partial charge in [0.25, 0.3) is 0 Å². The number of carbonyl (C=O) groups is 1. The van der Waals surface area contributed by atoms with Gasteiger partial charge in [0.1, 0.15) is 0 Å². The van der Waals surface area contributed by atoms with Gasteiger partial charge >= 0.3 is 5.97 Å². The van der Waals surface area contributed by atoms with Crippen LogP contribution in [0, 0.1) is 0 Å². The summed E-state index contributed by atoms with van der Waals surface area (Å²) in [6.07, 6.45) is 1.65. The third-order valence-corrected chi connectivity index (χ3v) is 3.92. The van der Waals surface area contributed by atoms with E-state index in [1.165, 1.54) is 0 Å². The molecule has 0 atom stereocenters. The molecular weight excluding hydrogens is 236 g/mol. The van der Waals surface area contributed by atoms with Crippen LogP contribution in [0.25, 0.3) is 0 Å². The number of aliphatic carboxylic acids is 1. The third-order valence-electron chi connectivity index (χ3n) is 2.70. The topological polar surface area (TPSA) is 53.4 Å². The molecule has 1 heterocycles. The smallest absolute Gasteiger partial charge is 0.303 e. The highest BCUT2D eigenvalue weighted by Crippen LogP contribution is 2.27. The van der Waals surface area contributed by atoms with E-state index in [2.05, 4.69) is 30.7 Å². The molecule has 0 saturated heterocycles. The summed E-state index contributed by atoms with van der Waals surface area (Å²) in [4.78, 5) is 18.5. The van der Waals surface area contributed by atoms with Crippen molar-refractivity contribution >= 4 is 22.4 Å². The Morgan fingerprint density at radius 2 is 2.00 bits per heavy atom. The van der Waals surface area contributed by atoms with Crippen LogP contribution >= 0.6 is 11.3 Å². The molecule has 0 unspecified atom stereocenters. The third kappa shape index (κ3) is 3.70. The summed E-state index contributed by atoms with van der Waals surface area (Å²) in [7, 11) is 0. The first-order valence-electron chi connectivity index (χ1n) is 6.07. The van der Waals surface area contributed by atoms with Gasteiger partial charge in [-0.15, -0.1) is 11.3 Å². The van der Waals surface area contributed by atoms with Crippen LogP contribution in [-0.2, 0) is 17.6 Å². The van der Waals surface area contributed by atoms with Crippen LogP contribution in [0.15, 0.2) is 0 Å². The largest absolute Gasteiger partial charge is 0.481 e. The molecule has 4 nitrogen and oxygen atoms in total. The molecule has 0 aromatic carbocycles. The first-order chi connectivity index (χ1) is 8.12. The van der Waals surface area contributed by atoms with Crippen molar-refractivity contribution < 1.29 is 9.90 Å². The van der Waals surface area contributed by atoms with Gasteiger partial charge in [0.2, 0.25) is 0 Å². The average Bonchev–Trinajstić information content (AvgIpc) is 2.71. The van der Waals surface area contributed by atoms with Crippen molar-refractivity contribution in [2.75, 3.05) is 18.0 Å². The van der Waals surface area contributed by atoms with E-state index in [0.717, 1.165) is 35.2 Å². The van der Waals surface area contributed by atoms with Gasteiger partial charge in [0, 0.05) is 18.0 Å². The molecule has 5 heteroatoms. The molecule has 1 N–H and O–H groups in total. The predicted molar refractivity (Wildman–Crippen MR) is 71.0 cm³/mol. The predicted octanol–water partition coefficient (Wildman–Crippen LogP) is 2.57. The zero-order valence-electron chi connectivity index (χ0n) is 10.7. The Balaban J connectivity index is 2.85. The molecule has 96 valence electrons. The van der Waals surface area contributed by atoms with Gasteiger partial charge in [0.15, 0.2) is 5.13 Å². The van der Waals surface area contributed by atoms with Gasteiger partial charge in [-0.2, -0.15) is 0 Å². The van der Waals surface area contributed by atoms with E-state index < -0.39 is 5.97 Å². The minimum Gasteiger partial charge on any atom is -0.481 e. The first-order valence-corrected chi connectivity index (χ1v) is 6.89. The lowest BCUT2D eigenvalue weighted by molar-refractivity contribution is -0.136. The summed E-state index contributed by atoms with van der Waals surface area (Å²) < 4.78 is 0. The van der Waals surface area contributed by atoms with Crippen molar-refractivity contribution in [3.63, 3.8) is 0 Å². The average molecular weight is 256 g/mol. The fourth-order valence-electron chi connectivity index (χ4n) is 1.69. The highest BCUT2D eigenvalue weighted by atomic mass is 32.1. The van der Waals surface area contributed by atoms with Crippen LogP contribution in [0.3, 0.4) is 0 Å². The Morgan fingerprint density at radius 1 is 1.35 bits per heavy atom. The molecule has 0 aliphatic heterocycles. The fraction of sp³-hybridized carbons (Fsp3) is 0.667. The second-order valence-electron chi connectivity index (χ2n) is 3.79. The van der Waals surface area contributed by atoms with Gasteiger partial charge in [0.05, 0.1) is 12.1 Å². The van der Waals surface area contributed by atoms with Crippen LogP contribution in [0.4, 0.5) is 5.13 Å². The summed E-state index contributed by atoms with van der Waals surface area (Å²) in [6.45, 7) is 8.14. The maximum Gasteiger partial charge on any atom is 0.303 e. The molecule has 1 aromatic rings. The van der Waals surface area contributed by atoms with E-state index in [1.54, 1.807) is 11.3 Å². The maximum absolute atomic E-state index is 10.6. The summed E-state index contributed by atoms with van der Waals surface area (Å²) >= 11 is 1.63. The maximum atomic E-state index is 10.6. The zero-order valence-corrected chi connectivity index (χ0v) is 11.5. The molecule has 17 heavy (non-hydrogen) atoms. The minimum absolute atomic E-state index is 0.187. The van der Waals surface area contributed by atoms with E-state index in [4.69, 9.17) is 5.11 Å². The van der Waals surface area contributed by atoms with Gasteiger partial charge in [-0.05, 0) is 26.7 Å². The molecule has 0 spiro atoms. The monoisotopic (exact) mass is 256 g/mol. The van der Waals surface area contributed by atoms with E-state index in [0.29, 0.717) is 6.42 Å². The van der Waals surface area contributed by atoms with E-state index in [-0.39, 0.29) is 6.42 Å². The Bertz CT molecular complexity index is 373. The van der Waals surface area contributed by atoms with Crippen molar-refractivity contribution in [3.05, 3.63) is 10.6 Å². The second kappa shape index (κ2) is 6.59. The summed E-state index contributed by atoms with van der Waals surface area (Å²) in [6, 6.07) is 0. The first kappa shape index (κ1) is 14.0. The van der Waals surface area contributed by atoms with E-state index in [1.807, 2.05) is 0 Å². The molecule has 0 fully saturated rings. The lowest BCUT2D eigenvalue weighted by Crippen LogP contribution is -2.21. The Morgan fingerprint density at radius 3 is 2.47 bits per heavy atom. The molecule has 0 aliphatic carbocycles. The lowest BCUT2D eigenvalue weighted by Gasteiger charge is -2.16. The van der Waals surface area contributed by atoms with Gasteiger partial charge in [-0.3, -0.25) is 4.79 Å². The number of rotatable bonds is 7. The molecule has 0 saturated carbocycles. The van der Waals surface area contributed by atoms with Crippen molar-refractivity contribution in [2.24, 2.45) is 0 Å². The van der Waals surface area contributed by atoms with E-state index in [9.17, 15) is 4.79 Å². The number of hydrogen-bond donors (Lipinski definition) is 1. The van der Waals surface area contributed by atoms with Crippen molar-refractivity contribution in [2.45, 2.75) is 40.0 Å². The number of hydrogen-bond acceptors (Lipinski definition) is 4. The van der Waals surface area contributed by atoms with Crippen molar-refractivity contribution in [1.29, 1.82) is 0 Å². The van der Waals surface area contributed by atoms with E-state index >= 15 is 0 Å². The number of anilines is 1. The highest BCUT2D eigenvalue weighted by Gasteiger charge is 2.14. The van der Waals surface area contributed by atoms with Crippen LogP contribution in [0.1, 0.15) is 37.8 Å². The summed E-state index contributed by atoms with van der Waals surface area (Å²) in [5.74, 6) is -0.746. The molecule has 0 radical (unpaired) electrons. The van der Waals surface area contributed by atoms with Crippen LogP contribution < -0.4 is 4.90 Å². The minimum atomic E-state index is -0.746. The number of carboxylic acids is 1. The van der Waals surface area contributed by atoms with Gasteiger partial charge < -0.3 is 10.0 Å². The Kier molecular flexibility index (Phi) is 5.41. The van der Waals surface area contributed by atoms with Gasteiger partial charge in [-0.1, -0.05) is 6.92 Å². The molecule has 1 rings (SSSR count). The van der Waals surface area contributed by atoms with Crippen LogP contribution in [0.5, 0.6) is 0 Å². The summed E-state index contributed by atoms with van der Waals surface area (Å²) in [5.41, 5.74) is 1.05. The summed E-state index contributed by atoms with van der Waals surface area (Å²) in [5, 5.41) is 9.74. The van der Waals surface area contributed by atoms with Gasteiger partial charge in [-0.25, -0.2) is 4.98 Å². The molecule has 0 bridgehead atoms. The van der Waals surface area contributed by atoms with Crippen LogP contribution in [-0.4, -0.2) is 29.1 Å². The normalized spacial score (nSPS) is 10.5. The number of nitrogens with zero attached hydrogens (tertiary/aromatic N) is 2. The Hall–Kier alpha value is -1.10. The standard InChI is InChI=1S/C12H20N2O2S/c1-4-9-10(7-8-11(15)16)17-12(13-9)14(5-2)6-3/h4-8H2,1-3H3,(H,15,16). The number of carboxylic acid groups (broad SMARTS) is 1. The van der Waals surface area contributed by atoms with Crippen LogP contribution in [0.2, 0.25) is 0 Å². The molecular formula is C12H20N2O2S. The number of aromatic nitrogens is 1. The second-order valence-corrected chi connectivity index (χ2v) is 4.85.